The van der Waals surface area contributed by atoms with Crippen molar-refractivity contribution in [3.8, 4) is 0 Å². The molecule has 3 nitrogen and oxygen atoms in total. The van der Waals surface area contributed by atoms with Crippen molar-refractivity contribution in [2.75, 3.05) is 17.6 Å². The van der Waals surface area contributed by atoms with E-state index in [-0.39, 0.29) is 0 Å². The summed E-state index contributed by atoms with van der Waals surface area (Å²) in [5.41, 5.74) is 6.74. The van der Waals surface area contributed by atoms with Gasteiger partial charge in [-0.15, -0.1) is 0 Å². The van der Waals surface area contributed by atoms with Crippen molar-refractivity contribution in [3.05, 3.63) is 5.56 Å². The Morgan fingerprint density at radius 2 is 2.07 bits per heavy atom. The zero-order valence-electron chi connectivity index (χ0n) is 9.29. The fourth-order valence-electron chi connectivity index (χ4n) is 1.00. The number of aromatic nitrogens is 1. The Morgan fingerprint density at radius 1 is 1.43 bits per heavy atom. The maximum absolute atomic E-state index is 5.67. The second-order valence-corrected chi connectivity index (χ2v) is 4.90. The molecular formula is C10H19N3S. The van der Waals surface area contributed by atoms with Gasteiger partial charge >= 0.3 is 0 Å². The molecule has 14 heavy (non-hydrogen) atoms. The fraction of sp³-hybridized carbons (Fsp3) is 0.700. The van der Waals surface area contributed by atoms with Gasteiger partial charge in [-0.3, -0.25) is 0 Å². The van der Waals surface area contributed by atoms with Gasteiger partial charge < -0.3 is 11.1 Å². The van der Waals surface area contributed by atoms with Gasteiger partial charge in [-0.25, -0.2) is 0 Å². The lowest BCUT2D eigenvalue weighted by atomic mass is 9.98. The third-order valence-corrected chi connectivity index (χ3v) is 3.60. The van der Waals surface area contributed by atoms with Gasteiger partial charge in [0.1, 0.15) is 10.8 Å². The predicted octanol–water partition coefficient (Wildman–Crippen LogP) is 2.74. The average molecular weight is 213 g/mol. The minimum Gasteiger partial charge on any atom is -0.383 e. The average Bonchev–Trinajstić information content (AvgIpc) is 2.44. The Hall–Kier alpha value is -0.770. The highest BCUT2D eigenvalue weighted by atomic mass is 32.1. The molecule has 1 rings (SSSR count). The van der Waals surface area contributed by atoms with Crippen molar-refractivity contribution in [3.63, 3.8) is 0 Å². The lowest BCUT2D eigenvalue weighted by Gasteiger charge is -2.16. The van der Waals surface area contributed by atoms with Crippen molar-refractivity contribution in [1.82, 2.24) is 4.37 Å². The van der Waals surface area contributed by atoms with E-state index in [1.807, 2.05) is 6.92 Å². The summed E-state index contributed by atoms with van der Waals surface area (Å²) in [5.74, 6) is 2.01. The molecule has 1 unspecified atom stereocenters. The van der Waals surface area contributed by atoms with E-state index in [9.17, 15) is 0 Å². The quantitative estimate of drug-likeness (QED) is 0.808. The van der Waals surface area contributed by atoms with Crippen LogP contribution in [0.2, 0.25) is 0 Å². The third kappa shape index (κ3) is 2.61. The molecule has 3 N–H and O–H groups in total. The molecule has 0 saturated heterocycles. The largest absolute Gasteiger partial charge is 0.383 e. The van der Waals surface area contributed by atoms with Crippen LogP contribution in [0.5, 0.6) is 0 Å². The molecule has 0 amide bonds. The molecule has 0 bridgehead atoms. The van der Waals surface area contributed by atoms with Crippen molar-refractivity contribution in [1.29, 1.82) is 0 Å². The Bertz CT molecular complexity index is 294. The van der Waals surface area contributed by atoms with Crippen LogP contribution in [0.4, 0.5) is 10.8 Å². The summed E-state index contributed by atoms with van der Waals surface area (Å²) in [6, 6.07) is 0. The highest BCUT2D eigenvalue weighted by Crippen LogP contribution is 2.25. The minimum atomic E-state index is 0.648. The molecule has 0 fully saturated rings. The summed E-state index contributed by atoms with van der Waals surface area (Å²) in [6.45, 7) is 9.71. The van der Waals surface area contributed by atoms with Crippen LogP contribution < -0.4 is 11.1 Å². The number of hydrogen-bond donors (Lipinski definition) is 2. The molecule has 0 aliphatic heterocycles. The molecule has 1 aromatic heterocycles. The van der Waals surface area contributed by atoms with Crippen LogP contribution in [-0.4, -0.2) is 10.9 Å². The van der Waals surface area contributed by atoms with Gasteiger partial charge in [0.25, 0.3) is 0 Å². The summed E-state index contributed by atoms with van der Waals surface area (Å²) in [7, 11) is 0. The second kappa shape index (κ2) is 4.64. The summed E-state index contributed by atoms with van der Waals surface area (Å²) in [6.07, 6.45) is 0. The maximum Gasteiger partial charge on any atom is 0.142 e. The van der Waals surface area contributed by atoms with Crippen LogP contribution in [0.1, 0.15) is 26.3 Å². The van der Waals surface area contributed by atoms with Crippen LogP contribution in [0.3, 0.4) is 0 Å². The number of nitrogen functional groups attached to an aromatic ring is 1. The molecule has 0 aliphatic rings. The smallest absolute Gasteiger partial charge is 0.142 e. The van der Waals surface area contributed by atoms with Gasteiger partial charge in [0.2, 0.25) is 0 Å². The van der Waals surface area contributed by atoms with Gasteiger partial charge in [-0.05, 0) is 30.3 Å². The van der Waals surface area contributed by atoms with E-state index in [2.05, 4.69) is 30.5 Å². The molecule has 0 saturated carbocycles. The number of nitrogens with zero attached hydrogens (tertiary/aromatic N) is 1. The Balaban J connectivity index is 2.50. The number of nitrogens with one attached hydrogen (secondary N) is 1. The molecule has 0 aliphatic carbocycles. The summed E-state index contributed by atoms with van der Waals surface area (Å²) in [4.78, 5) is 0. The normalized spacial score (nSPS) is 13.2. The maximum atomic E-state index is 5.67. The van der Waals surface area contributed by atoms with Gasteiger partial charge in [0.05, 0.1) is 0 Å². The van der Waals surface area contributed by atoms with Gasteiger partial charge in [-0.2, -0.15) is 4.37 Å². The predicted molar refractivity (Wildman–Crippen MR) is 63.8 cm³/mol. The van der Waals surface area contributed by atoms with Crippen LogP contribution in [0.15, 0.2) is 0 Å². The second-order valence-electron chi connectivity index (χ2n) is 4.12. The molecule has 0 spiro atoms. The summed E-state index contributed by atoms with van der Waals surface area (Å²) in [5, 5.41) is 4.50. The zero-order valence-corrected chi connectivity index (χ0v) is 10.1. The molecule has 0 aromatic carbocycles. The molecule has 1 atom stereocenters. The SMILES string of the molecule is Cc1c(N)nsc1NCC(C)C(C)C. The fourth-order valence-corrected chi connectivity index (χ4v) is 1.72. The lowest BCUT2D eigenvalue weighted by Crippen LogP contribution is -2.16. The Labute approximate surface area is 89.9 Å². The lowest BCUT2D eigenvalue weighted by molar-refractivity contribution is 0.440. The van der Waals surface area contributed by atoms with Crippen LogP contribution in [0.25, 0.3) is 0 Å². The molecule has 4 heteroatoms. The monoisotopic (exact) mass is 213 g/mol. The van der Waals surface area contributed by atoms with Crippen LogP contribution in [-0.2, 0) is 0 Å². The highest BCUT2D eigenvalue weighted by molar-refractivity contribution is 7.10. The topological polar surface area (TPSA) is 50.9 Å². The van der Waals surface area contributed by atoms with Crippen molar-refractivity contribution >= 4 is 22.4 Å². The molecular weight excluding hydrogens is 194 g/mol. The van der Waals surface area contributed by atoms with E-state index in [0.717, 1.165) is 17.1 Å². The number of rotatable bonds is 4. The number of anilines is 2. The van der Waals surface area contributed by atoms with Gasteiger partial charge in [-0.1, -0.05) is 20.8 Å². The Kier molecular flexibility index (Phi) is 3.75. The summed E-state index contributed by atoms with van der Waals surface area (Å²) >= 11 is 1.44. The minimum absolute atomic E-state index is 0.648. The molecule has 1 aromatic rings. The van der Waals surface area contributed by atoms with Crippen molar-refractivity contribution in [2.45, 2.75) is 27.7 Å². The first kappa shape index (κ1) is 11.3. The number of hydrogen-bond acceptors (Lipinski definition) is 4. The van der Waals surface area contributed by atoms with Gasteiger partial charge in [0.15, 0.2) is 0 Å². The van der Waals surface area contributed by atoms with Crippen LogP contribution in [0, 0.1) is 18.8 Å². The zero-order chi connectivity index (χ0) is 10.7. The van der Waals surface area contributed by atoms with E-state index < -0.39 is 0 Å². The van der Waals surface area contributed by atoms with Crippen molar-refractivity contribution < 1.29 is 0 Å². The van der Waals surface area contributed by atoms with E-state index in [1.54, 1.807) is 0 Å². The first-order chi connectivity index (χ1) is 6.52. The molecule has 1 heterocycles. The van der Waals surface area contributed by atoms with Crippen molar-refractivity contribution in [2.24, 2.45) is 11.8 Å². The highest BCUT2D eigenvalue weighted by Gasteiger charge is 2.10. The van der Waals surface area contributed by atoms with E-state index in [1.165, 1.54) is 11.5 Å². The van der Waals surface area contributed by atoms with Gasteiger partial charge in [0, 0.05) is 12.1 Å². The van der Waals surface area contributed by atoms with Crippen LogP contribution >= 0.6 is 11.5 Å². The number of nitrogens with two attached hydrogens (primary N) is 1. The third-order valence-electron chi connectivity index (χ3n) is 2.68. The standard InChI is InChI=1S/C10H19N3S/c1-6(2)7(3)5-12-10-8(4)9(11)13-14-10/h6-7,12H,5H2,1-4H3,(H2,11,13). The molecule has 80 valence electrons. The van der Waals surface area contributed by atoms with E-state index in [4.69, 9.17) is 5.73 Å². The summed E-state index contributed by atoms with van der Waals surface area (Å²) < 4.78 is 4.10. The first-order valence-corrected chi connectivity index (χ1v) is 5.75. The Morgan fingerprint density at radius 3 is 2.50 bits per heavy atom. The van der Waals surface area contributed by atoms with E-state index >= 15 is 0 Å². The molecule has 0 radical (unpaired) electrons. The van der Waals surface area contributed by atoms with E-state index in [0.29, 0.717) is 17.7 Å². The first-order valence-electron chi connectivity index (χ1n) is 4.98.